The number of benzene rings is 7. The van der Waals surface area contributed by atoms with Crippen LogP contribution in [-0.2, 0) is 0 Å². The normalized spacial score (nSPS) is 11.9. The van der Waals surface area contributed by atoms with E-state index in [1.165, 1.54) is 21.9 Å². The molecule has 0 fully saturated rings. The molecule has 7 aromatic carbocycles. The maximum Gasteiger partial charge on any atom is 0.197 e. The summed E-state index contributed by atoms with van der Waals surface area (Å²) in [6, 6.07) is 59.6. The van der Waals surface area contributed by atoms with E-state index in [0.717, 1.165) is 60.6 Å². The largest absolute Gasteiger partial charge is 0.450 e. The predicted molar refractivity (Wildman–Crippen MR) is 209 cm³/mol. The number of furan rings is 1. The third kappa shape index (κ3) is 4.09. The highest BCUT2D eigenvalue weighted by atomic mass is 16.3. The minimum absolute atomic E-state index is 0.633. The molecule has 0 saturated carbocycles. The first kappa shape index (κ1) is 27.9. The number of hydrogen-bond donors (Lipinski definition) is 0. The molecular formula is C46H28N4O. The molecule has 0 amide bonds. The highest BCUT2D eigenvalue weighted by Gasteiger charge is 2.24. The lowest BCUT2D eigenvalue weighted by Gasteiger charge is -2.15. The fraction of sp³-hybridized carbons (Fsp3) is 0. The second kappa shape index (κ2) is 10.8. The average Bonchev–Trinajstić information content (AvgIpc) is 3.85. The topological polar surface area (TPSA) is 48.8 Å². The Morgan fingerprint density at radius 3 is 1.73 bits per heavy atom. The van der Waals surface area contributed by atoms with Crippen LogP contribution in [0.1, 0.15) is 0 Å². The lowest BCUT2D eigenvalue weighted by Crippen LogP contribution is -2.04. The summed E-state index contributed by atoms with van der Waals surface area (Å²) in [6.07, 6.45) is 0. The molecule has 5 heteroatoms. The van der Waals surface area contributed by atoms with Gasteiger partial charge in [0.2, 0.25) is 0 Å². The van der Waals surface area contributed by atoms with Crippen molar-refractivity contribution in [1.82, 2.24) is 19.1 Å². The maximum atomic E-state index is 6.61. The molecule has 4 heterocycles. The van der Waals surface area contributed by atoms with Crippen LogP contribution in [0.25, 0.3) is 99.7 Å². The molecular weight excluding hydrogens is 625 g/mol. The Morgan fingerprint density at radius 1 is 0.412 bits per heavy atom. The number of nitrogens with zero attached hydrogens (tertiary/aromatic N) is 4. The van der Waals surface area contributed by atoms with Gasteiger partial charge in [-0.2, -0.15) is 0 Å². The van der Waals surface area contributed by atoms with E-state index in [0.29, 0.717) is 17.2 Å². The van der Waals surface area contributed by atoms with Crippen molar-refractivity contribution in [2.45, 2.75) is 0 Å². The Kier molecular flexibility index (Phi) is 5.89. The number of fused-ring (bicyclic) bond motifs is 9. The van der Waals surface area contributed by atoms with Gasteiger partial charge in [0, 0.05) is 32.5 Å². The molecule has 0 atom stereocenters. The van der Waals surface area contributed by atoms with Crippen molar-refractivity contribution < 1.29 is 4.42 Å². The smallest absolute Gasteiger partial charge is 0.197 e. The zero-order chi connectivity index (χ0) is 33.5. The molecule has 0 saturated heterocycles. The van der Waals surface area contributed by atoms with E-state index in [-0.39, 0.29) is 0 Å². The van der Waals surface area contributed by atoms with Crippen LogP contribution in [0.3, 0.4) is 0 Å². The highest BCUT2D eigenvalue weighted by molar-refractivity contribution is 6.13. The Hall–Kier alpha value is -6.98. The van der Waals surface area contributed by atoms with Crippen molar-refractivity contribution in [3.05, 3.63) is 170 Å². The summed E-state index contributed by atoms with van der Waals surface area (Å²) < 4.78 is 11.2. The van der Waals surface area contributed by atoms with Crippen LogP contribution >= 0.6 is 0 Å². The van der Waals surface area contributed by atoms with Gasteiger partial charge in [-0.15, -0.1) is 0 Å². The van der Waals surface area contributed by atoms with Gasteiger partial charge in [-0.3, -0.25) is 4.57 Å². The number of aromatic nitrogens is 4. The fourth-order valence-electron chi connectivity index (χ4n) is 7.90. The molecule has 0 N–H and O–H groups in total. The Morgan fingerprint density at radius 2 is 0.980 bits per heavy atom. The molecule has 0 radical (unpaired) electrons. The highest BCUT2D eigenvalue weighted by Crippen LogP contribution is 2.40. The first-order chi connectivity index (χ1) is 25.3. The molecule has 0 spiro atoms. The van der Waals surface area contributed by atoms with Gasteiger partial charge in [0.25, 0.3) is 0 Å². The zero-order valence-corrected chi connectivity index (χ0v) is 27.4. The van der Waals surface area contributed by atoms with Crippen molar-refractivity contribution in [2.24, 2.45) is 0 Å². The summed E-state index contributed by atoms with van der Waals surface area (Å²) in [5.74, 6) is 1.35. The molecule has 11 aromatic rings. The number of hydrogen-bond acceptors (Lipinski definition) is 3. The van der Waals surface area contributed by atoms with Gasteiger partial charge >= 0.3 is 0 Å². The molecule has 0 bridgehead atoms. The van der Waals surface area contributed by atoms with Gasteiger partial charge < -0.3 is 8.98 Å². The first-order valence-electron chi connectivity index (χ1n) is 17.2. The van der Waals surface area contributed by atoms with Crippen molar-refractivity contribution in [3.63, 3.8) is 0 Å². The van der Waals surface area contributed by atoms with Crippen LogP contribution in [0, 0.1) is 0 Å². The van der Waals surface area contributed by atoms with Gasteiger partial charge in [0.05, 0.1) is 27.8 Å². The van der Waals surface area contributed by atoms with Crippen molar-refractivity contribution in [3.8, 4) is 34.0 Å². The average molecular weight is 653 g/mol. The summed E-state index contributed by atoms with van der Waals surface area (Å²) in [5, 5.41) is 5.69. The Labute approximate surface area is 292 Å². The summed E-state index contributed by atoms with van der Waals surface area (Å²) in [5.41, 5.74) is 10.9. The zero-order valence-electron chi connectivity index (χ0n) is 27.4. The molecule has 11 rings (SSSR count). The quantitative estimate of drug-likeness (QED) is 0.190. The maximum absolute atomic E-state index is 6.61. The Balaban J connectivity index is 1.22. The van der Waals surface area contributed by atoms with E-state index >= 15 is 0 Å². The van der Waals surface area contributed by atoms with E-state index in [9.17, 15) is 0 Å². The van der Waals surface area contributed by atoms with Crippen LogP contribution in [0.4, 0.5) is 0 Å². The van der Waals surface area contributed by atoms with E-state index in [1.807, 2.05) is 18.2 Å². The minimum atomic E-state index is 0.633. The molecule has 4 aromatic heterocycles. The van der Waals surface area contributed by atoms with Gasteiger partial charge in [0.1, 0.15) is 11.1 Å². The van der Waals surface area contributed by atoms with Crippen LogP contribution in [0.2, 0.25) is 0 Å². The number of rotatable bonds is 4. The van der Waals surface area contributed by atoms with Crippen LogP contribution in [-0.4, -0.2) is 19.1 Å². The van der Waals surface area contributed by atoms with Crippen LogP contribution < -0.4 is 0 Å². The van der Waals surface area contributed by atoms with Crippen molar-refractivity contribution >= 4 is 65.7 Å². The standard InChI is InChI=1S/C46H28N4O/c1-2-14-29(15-3-1)30-26-27-41-36(28-30)33-18-6-9-21-37(33)49(41)40-24-12-7-19-34(40)45-47-43-35-20-8-13-25-42(35)51-44(43)46(48-45)50-38-22-10-4-16-31(38)32-17-5-11-23-39(32)50/h1-28H. The van der Waals surface area contributed by atoms with E-state index in [1.54, 1.807) is 0 Å². The molecule has 0 aliphatic carbocycles. The van der Waals surface area contributed by atoms with Gasteiger partial charge in [-0.1, -0.05) is 115 Å². The first-order valence-corrected chi connectivity index (χ1v) is 17.2. The lowest BCUT2D eigenvalue weighted by atomic mass is 10.0. The second-order valence-corrected chi connectivity index (χ2v) is 13.0. The van der Waals surface area contributed by atoms with Crippen LogP contribution in [0.15, 0.2) is 174 Å². The summed E-state index contributed by atoms with van der Waals surface area (Å²) in [7, 11) is 0. The SMILES string of the molecule is c1ccc(-c2ccc3c(c2)c2ccccc2n3-c2ccccc2-c2nc(-n3c4ccccc4c4ccccc43)c3oc4ccccc4c3n2)cc1. The van der Waals surface area contributed by atoms with Crippen molar-refractivity contribution in [1.29, 1.82) is 0 Å². The Bertz CT molecular complexity index is 3090. The third-order valence-electron chi connectivity index (χ3n) is 10.2. The van der Waals surface area contributed by atoms with Gasteiger partial charge in [0.15, 0.2) is 17.2 Å². The summed E-state index contributed by atoms with van der Waals surface area (Å²) in [4.78, 5) is 10.8. The molecule has 51 heavy (non-hydrogen) atoms. The van der Waals surface area contributed by atoms with E-state index in [2.05, 4.69) is 161 Å². The fourth-order valence-corrected chi connectivity index (χ4v) is 7.90. The van der Waals surface area contributed by atoms with E-state index < -0.39 is 0 Å². The minimum Gasteiger partial charge on any atom is -0.450 e. The predicted octanol–water partition coefficient (Wildman–Crippen LogP) is 11.9. The second-order valence-electron chi connectivity index (χ2n) is 13.0. The monoisotopic (exact) mass is 652 g/mol. The molecule has 0 aliphatic rings. The number of para-hydroxylation sites is 5. The lowest BCUT2D eigenvalue weighted by molar-refractivity contribution is 0.662. The van der Waals surface area contributed by atoms with Crippen molar-refractivity contribution in [2.75, 3.05) is 0 Å². The van der Waals surface area contributed by atoms with Gasteiger partial charge in [-0.25, -0.2) is 9.97 Å². The van der Waals surface area contributed by atoms with Crippen LogP contribution in [0.5, 0.6) is 0 Å². The summed E-state index contributed by atoms with van der Waals surface area (Å²) >= 11 is 0. The van der Waals surface area contributed by atoms with Gasteiger partial charge in [-0.05, 0) is 65.7 Å². The van der Waals surface area contributed by atoms with E-state index in [4.69, 9.17) is 14.4 Å². The molecule has 0 aliphatic heterocycles. The molecule has 5 nitrogen and oxygen atoms in total. The summed E-state index contributed by atoms with van der Waals surface area (Å²) in [6.45, 7) is 0. The third-order valence-corrected chi connectivity index (χ3v) is 10.2. The molecule has 238 valence electrons. The molecule has 0 unspecified atom stereocenters.